The second-order valence-electron chi connectivity index (χ2n) is 7.20. The van der Waals surface area contributed by atoms with Gasteiger partial charge < -0.3 is 9.47 Å². The predicted octanol–water partition coefficient (Wildman–Crippen LogP) is 5.43. The van der Waals surface area contributed by atoms with Crippen LogP contribution in [0, 0.1) is 12.7 Å². The van der Waals surface area contributed by atoms with Crippen LogP contribution in [0.3, 0.4) is 0 Å². The summed E-state index contributed by atoms with van der Waals surface area (Å²) in [5.41, 5.74) is 4.09. The smallest absolute Gasteiger partial charge is 0.254 e. The monoisotopic (exact) mass is 378 g/mol. The highest BCUT2D eigenvalue weighted by molar-refractivity contribution is 5.94. The summed E-state index contributed by atoms with van der Waals surface area (Å²) in [5.74, 6) is -0.388. The van der Waals surface area contributed by atoms with Gasteiger partial charge in [-0.25, -0.2) is 4.39 Å². The van der Waals surface area contributed by atoms with Crippen LogP contribution >= 0.6 is 0 Å². The summed E-state index contributed by atoms with van der Waals surface area (Å²) in [6.45, 7) is 6.20. The van der Waals surface area contributed by atoms with E-state index in [1.165, 1.54) is 23.3 Å². The Bertz CT molecular complexity index is 914. The van der Waals surface area contributed by atoms with Crippen molar-refractivity contribution in [1.29, 1.82) is 0 Å². The molecule has 4 heteroatoms. The highest BCUT2D eigenvalue weighted by Gasteiger charge is 2.17. The maximum Gasteiger partial charge on any atom is 0.254 e. The summed E-state index contributed by atoms with van der Waals surface area (Å²) in [6.07, 6.45) is 4.00. The molecule has 0 spiro atoms. The normalized spacial score (nSPS) is 10.8. The summed E-state index contributed by atoms with van der Waals surface area (Å²) in [7, 11) is 0. The number of carbonyl (C=O) groups is 1. The summed E-state index contributed by atoms with van der Waals surface area (Å²) in [5, 5.41) is 0. The first-order valence-corrected chi connectivity index (χ1v) is 9.81. The van der Waals surface area contributed by atoms with Crippen LogP contribution in [0.5, 0.6) is 0 Å². The fourth-order valence-electron chi connectivity index (χ4n) is 3.33. The second-order valence-corrected chi connectivity index (χ2v) is 7.20. The van der Waals surface area contributed by atoms with Crippen LogP contribution in [-0.2, 0) is 13.1 Å². The molecule has 0 aliphatic heterocycles. The van der Waals surface area contributed by atoms with Gasteiger partial charge in [-0.2, -0.15) is 0 Å². The molecule has 0 saturated carbocycles. The average Bonchev–Trinajstić information content (AvgIpc) is 3.12. The molecule has 0 bridgehead atoms. The van der Waals surface area contributed by atoms with Gasteiger partial charge in [-0.3, -0.25) is 4.79 Å². The Morgan fingerprint density at radius 2 is 1.86 bits per heavy atom. The first-order chi connectivity index (χ1) is 13.6. The van der Waals surface area contributed by atoms with Gasteiger partial charge in [0.25, 0.3) is 5.91 Å². The molecular weight excluding hydrogens is 351 g/mol. The highest BCUT2D eigenvalue weighted by Crippen LogP contribution is 2.15. The molecule has 28 heavy (non-hydrogen) atoms. The van der Waals surface area contributed by atoms with Gasteiger partial charge in [0, 0.05) is 30.5 Å². The molecule has 0 fully saturated rings. The van der Waals surface area contributed by atoms with Crippen LogP contribution in [-0.4, -0.2) is 21.9 Å². The van der Waals surface area contributed by atoms with Crippen molar-refractivity contribution in [2.24, 2.45) is 0 Å². The zero-order valence-electron chi connectivity index (χ0n) is 16.6. The van der Waals surface area contributed by atoms with Crippen LogP contribution < -0.4 is 0 Å². The van der Waals surface area contributed by atoms with Gasteiger partial charge in [0.2, 0.25) is 0 Å². The van der Waals surface area contributed by atoms with E-state index in [2.05, 4.69) is 54.9 Å². The SMILES string of the molecule is CCCCN(Cc1cccn1Cc1cccc(C)c1)C(=O)c1ccc(F)cc1. The molecule has 1 aromatic heterocycles. The Morgan fingerprint density at radius 3 is 2.57 bits per heavy atom. The van der Waals surface area contributed by atoms with Gasteiger partial charge in [-0.05, 0) is 55.3 Å². The van der Waals surface area contributed by atoms with Crippen LogP contribution in [0.15, 0.2) is 66.9 Å². The largest absolute Gasteiger partial charge is 0.345 e. The number of amides is 1. The molecule has 3 nitrogen and oxygen atoms in total. The molecule has 1 heterocycles. The van der Waals surface area contributed by atoms with E-state index in [1.807, 2.05) is 11.0 Å². The fourth-order valence-corrected chi connectivity index (χ4v) is 3.33. The Balaban J connectivity index is 1.78. The first-order valence-electron chi connectivity index (χ1n) is 9.81. The number of hydrogen-bond donors (Lipinski definition) is 0. The Morgan fingerprint density at radius 1 is 1.07 bits per heavy atom. The van der Waals surface area contributed by atoms with Crippen molar-refractivity contribution in [1.82, 2.24) is 9.47 Å². The summed E-state index contributed by atoms with van der Waals surface area (Å²) in [6, 6.07) is 18.3. The number of rotatable bonds is 8. The summed E-state index contributed by atoms with van der Waals surface area (Å²) in [4.78, 5) is 14.9. The maximum atomic E-state index is 13.2. The lowest BCUT2D eigenvalue weighted by molar-refractivity contribution is 0.0737. The quantitative estimate of drug-likeness (QED) is 0.513. The number of aryl methyl sites for hydroxylation is 1. The highest BCUT2D eigenvalue weighted by atomic mass is 19.1. The molecule has 0 saturated heterocycles. The van der Waals surface area contributed by atoms with Crippen molar-refractivity contribution in [3.63, 3.8) is 0 Å². The van der Waals surface area contributed by atoms with Crippen molar-refractivity contribution in [3.05, 3.63) is 95.1 Å². The maximum absolute atomic E-state index is 13.2. The second kappa shape index (κ2) is 9.36. The lowest BCUT2D eigenvalue weighted by atomic mass is 10.1. The van der Waals surface area contributed by atoms with Crippen molar-refractivity contribution >= 4 is 5.91 Å². The van der Waals surface area contributed by atoms with Gasteiger partial charge in [-0.1, -0.05) is 43.2 Å². The Hall–Kier alpha value is -2.88. The van der Waals surface area contributed by atoms with E-state index in [0.717, 1.165) is 25.1 Å². The average molecular weight is 378 g/mol. The topological polar surface area (TPSA) is 25.2 Å². The molecular formula is C24H27FN2O. The minimum absolute atomic E-state index is 0.0586. The van der Waals surface area contributed by atoms with E-state index in [1.54, 1.807) is 12.1 Å². The Kier molecular flexibility index (Phi) is 6.64. The van der Waals surface area contributed by atoms with Crippen LogP contribution in [0.2, 0.25) is 0 Å². The Labute approximate surface area is 166 Å². The van der Waals surface area contributed by atoms with Gasteiger partial charge >= 0.3 is 0 Å². The molecule has 0 aliphatic carbocycles. The van der Waals surface area contributed by atoms with Crippen molar-refractivity contribution in [2.75, 3.05) is 6.54 Å². The molecule has 3 rings (SSSR count). The van der Waals surface area contributed by atoms with Gasteiger partial charge in [0.1, 0.15) is 5.82 Å². The van der Waals surface area contributed by atoms with Gasteiger partial charge in [0.15, 0.2) is 0 Å². The summed E-state index contributed by atoms with van der Waals surface area (Å²) >= 11 is 0. The number of carbonyl (C=O) groups excluding carboxylic acids is 1. The third kappa shape index (κ3) is 5.10. The lowest BCUT2D eigenvalue weighted by Crippen LogP contribution is -2.32. The molecule has 3 aromatic rings. The molecule has 0 unspecified atom stereocenters. The standard InChI is InChI=1S/C24H27FN2O/c1-3-4-14-27(24(28)21-10-12-22(25)13-11-21)18-23-9-6-15-26(23)17-20-8-5-7-19(2)16-20/h5-13,15-16H,3-4,14,17-18H2,1-2H3. The minimum atomic E-state index is -0.330. The fraction of sp³-hybridized carbons (Fsp3) is 0.292. The van der Waals surface area contributed by atoms with E-state index >= 15 is 0 Å². The third-order valence-electron chi connectivity index (χ3n) is 4.87. The van der Waals surface area contributed by atoms with Crippen LogP contribution in [0.25, 0.3) is 0 Å². The zero-order valence-corrected chi connectivity index (χ0v) is 16.6. The number of aromatic nitrogens is 1. The number of benzene rings is 2. The van der Waals surface area contributed by atoms with Crippen molar-refractivity contribution in [2.45, 2.75) is 39.8 Å². The van der Waals surface area contributed by atoms with Crippen molar-refractivity contribution in [3.8, 4) is 0 Å². The van der Waals surface area contributed by atoms with E-state index in [-0.39, 0.29) is 11.7 Å². The third-order valence-corrected chi connectivity index (χ3v) is 4.87. The predicted molar refractivity (Wildman–Crippen MR) is 111 cm³/mol. The molecule has 2 aromatic carbocycles. The lowest BCUT2D eigenvalue weighted by Gasteiger charge is -2.24. The molecule has 0 radical (unpaired) electrons. The van der Waals surface area contributed by atoms with E-state index < -0.39 is 0 Å². The number of hydrogen-bond acceptors (Lipinski definition) is 1. The van der Waals surface area contributed by atoms with Crippen molar-refractivity contribution < 1.29 is 9.18 Å². The van der Waals surface area contributed by atoms with E-state index in [0.29, 0.717) is 18.7 Å². The number of unbranched alkanes of at least 4 members (excludes halogenated alkanes) is 1. The molecule has 0 N–H and O–H groups in total. The summed E-state index contributed by atoms with van der Waals surface area (Å²) < 4.78 is 15.4. The van der Waals surface area contributed by atoms with Crippen LogP contribution in [0.1, 0.15) is 46.9 Å². The van der Waals surface area contributed by atoms with Gasteiger partial charge in [0.05, 0.1) is 6.54 Å². The number of halogens is 1. The van der Waals surface area contributed by atoms with Crippen LogP contribution in [0.4, 0.5) is 4.39 Å². The minimum Gasteiger partial charge on any atom is -0.345 e. The molecule has 1 amide bonds. The molecule has 146 valence electrons. The first kappa shape index (κ1) is 19.9. The molecule has 0 atom stereocenters. The molecule has 0 aliphatic rings. The van der Waals surface area contributed by atoms with Gasteiger partial charge in [-0.15, -0.1) is 0 Å². The number of nitrogens with zero attached hydrogens (tertiary/aromatic N) is 2. The van der Waals surface area contributed by atoms with E-state index in [9.17, 15) is 9.18 Å². The van der Waals surface area contributed by atoms with E-state index in [4.69, 9.17) is 0 Å². The zero-order chi connectivity index (χ0) is 19.9.